The lowest BCUT2D eigenvalue weighted by Crippen LogP contribution is -2.03. The molecule has 0 saturated carbocycles. The summed E-state index contributed by atoms with van der Waals surface area (Å²) in [5.74, 6) is 0.558. The Bertz CT molecular complexity index is 655. The van der Waals surface area contributed by atoms with Crippen LogP contribution in [0.25, 0.3) is 11.0 Å². The fraction of sp³-hybridized carbons (Fsp3) is 0.167. The van der Waals surface area contributed by atoms with E-state index in [4.69, 9.17) is 5.73 Å². The highest BCUT2D eigenvalue weighted by Gasteiger charge is 2.10. The van der Waals surface area contributed by atoms with Crippen LogP contribution < -0.4 is 5.73 Å². The summed E-state index contributed by atoms with van der Waals surface area (Å²) in [6.07, 6.45) is 1.87. The summed E-state index contributed by atoms with van der Waals surface area (Å²) < 4.78 is 2.02. The molecule has 2 heterocycles. The zero-order valence-corrected chi connectivity index (χ0v) is 10.2. The van der Waals surface area contributed by atoms with E-state index in [0.717, 1.165) is 23.1 Å². The number of nitrogen functional groups attached to an aromatic ring is 1. The van der Waals surface area contributed by atoms with Crippen LogP contribution in [0.4, 0.5) is 5.95 Å². The number of benzene rings is 1. The van der Waals surface area contributed by atoms with Gasteiger partial charge in [0, 0.05) is 11.1 Å². The van der Waals surface area contributed by atoms with Gasteiger partial charge in [-0.15, -0.1) is 11.3 Å². The highest BCUT2D eigenvalue weighted by Crippen LogP contribution is 2.22. The van der Waals surface area contributed by atoms with E-state index >= 15 is 0 Å². The number of aryl methyl sites for hydroxylation is 1. The SMILES string of the molecule is Cc1cccc2c1nc(N)n2Cc1cncs1. The molecule has 0 unspecified atom stereocenters. The Balaban J connectivity index is 2.16. The molecule has 0 spiro atoms. The molecule has 0 atom stereocenters. The van der Waals surface area contributed by atoms with Crippen LogP contribution in [-0.4, -0.2) is 14.5 Å². The van der Waals surface area contributed by atoms with Crippen molar-refractivity contribution >= 4 is 28.3 Å². The van der Waals surface area contributed by atoms with Crippen molar-refractivity contribution in [3.05, 3.63) is 40.3 Å². The van der Waals surface area contributed by atoms with Gasteiger partial charge in [0.25, 0.3) is 0 Å². The van der Waals surface area contributed by atoms with E-state index in [9.17, 15) is 0 Å². The van der Waals surface area contributed by atoms with Gasteiger partial charge in [0.1, 0.15) is 0 Å². The van der Waals surface area contributed by atoms with Crippen molar-refractivity contribution in [1.29, 1.82) is 0 Å². The van der Waals surface area contributed by atoms with Gasteiger partial charge in [0.2, 0.25) is 5.95 Å². The molecule has 1 aromatic carbocycles. The first-order valence-electron chi connectivity index (χ1n) is 5.34. The van der Waals surface area contributed by atoms with Gasteiger partial charge in [0.15, 0.2) is 0 Å². The zero-order valence-electron chi connectivity index (χ0n) is 9.42. The third-order valence-corrected chi connectivity index (χ3v) is 3.57. The molecule has 2 aromatic heterocycles. The molecular formula is C12H12N4S. The molecule has 2 N–H and O–H groups in total. The van der Waals surface area contributed by atoms with Crippen molar-refractivity contribution < 1.29 is 0 Å². The first-order chi connectivity index (χ1) is 8.25. The van der Waals surface area contributed by atoms with Crippen LogP contribution in [0.2, 0.25) is 0 Å². The van der Waals surface area contributed by atoms with E-state index in [2.05, 4.69) is 9.97 Å². The first-order valence-corrected chi connectivity index (χ1v) is 6.22. The Morgan fingerprint density at radius 2 is 2.29 bits per heavy atom. The van der Waals surface area contributed by atoms with Gasteiger partial charge in [0.05, 0.1) is 23.1 Å². The Morgan fingerprint density at radius 1 is 1.41 bits per heavy atom. The Kier molecular flexibility index (Phi) is 2.33. The number of hydrogen-bond donors (Lipinski definition) is 1. The Morgan fingerprint density at radius 3 is 3.06 bits per heavy atom. The molecule has 3 rings (SSSR count). The second-order valence-corrected chi connectivity index (χ2v) is 4.94. The van der Waals surface area contributed by atoms with Gasteiger partial charge in [-0.05, 0) is 18.6 Å². The van der Waals surface area contributed by atoms with Crippen molar-refractivity contribution in [3.8, 4) is 0 Å². The number of aromatic nitrogens is 3. The fourth-order valence-electron chi connectivity index (χ4n) is 1.95. The van der Waals surface area contributed by atoms with Crippen molar-refractivity contribution in [2.45, 2.75) is 13.5 Å². The maximum Gasteiger partial charge on any atom is 0.201 e. The number of hydrogen-bond acceptors (Lipinski definition) is 4. The van der Waals surface area contributed by atoms with Crippen LogP contribution in [0.3, 0.4) is 0 Å². The lowest BCUT2D eigenvalue weighted by Gasteiger charge is -2.03. The second kappa shape index (κ2) is 3.85. The van der Waals surface area contributed by atoms with Gasteiger partial charge in [-0.3, -0.25) is 4.98 Å². The van der Waals surface area contributed by atoms with Gasteiger partial charge in [-0.25, -0.2) is 4.98 Å². The smallest absolute Gasteiger partial charge is 0.201 e. The standard InChI is InChI=1S/C12H12N4S/c1-8-3-2-4-10-11(8)15-12(13)16(10)6-9-5-14-7-17-9/h2-5,7H,6H2,1H3,(H2,13,15). The molecule has 4 nitrogen and oxygen atoms in total. The topological polar surface area (TPSA) is 56.7 Å². The third kappa shape index (κ3) is 1.68. The summed E-state index contributed by atoms with van der Waals surface area (Å²) in [6, 6.07) is 6.13. The summed E-state index contributed by atoms with van der Waals surface area (Å²) in [5, 5.41) is 0. The van der Waals surface area contributed by atoms with Crippen LogP contribution in [0.1, 0.15) is 10.4 Å². The summed E-state index contributed by atoms with van der Waals surface area (Å²) >= 11 is 1.63. The largest absolute Gasteiger partial charge is 0.369 e. The van der Waals surface area contributed by atoms with Crippen molar-refractivity contribution in [1.82, 2.24) is 14.5 Å². The van der Waals surface area contributed by atoms with Crippen LogP contribution in [-0.2, 0) is 6.54 Å². The Hall–Kier alpha value is -1.88. The molecule has 0 fully saturated rings. The number of imidazole rings is 1. The van der Waals surface area contributed by atoms with E-state index in [-0.39, 0.29) is 0 Å². The van der Waals surface area contributed by atoms with Gasteiger partial charge >= 0.3 is 0 Å². The molecule has 0 aliphatic carbocycles. The quantitative estimate of drug-likeness (QED) is 0.753. The predicted molar refractivity (Wildman–Crippen MR) is 70.1 cm³/mol. The number of anilines is 1. The first kappa shape index (κ1) is 10.3. The van der Waals surface area contributed by atoms with E-state index in [0.29, 0.717) is 5.95 Å². The lowest BCUT2D eigenvalue weighted by atomic mass is 10.2. The van der Waals surface area contributed by atoms with Crippen LogP contribution in [0.5, 0.6) is 0 Å². The number of nitrogens with zero attached hydrogens (tertiary/aromatic N) is 3. The average molecular weight is 244 g/mol. The average Bonchev–Trinajstić information content (AvgIpc) is 2.91. The van der Waals surface area contributed by atoms with E-state index in [1.54, 1.807) is 11.3 Å². The number of fused-ring (bicyclic) bond motifs is 1. The molecular weight excluding hydrogens is 232 g/mol. The number of thiazole rings is 1. The van der Waals surface area contributed by atoms with E-state index in [1.807, 2.05) is 41.4 Å². The molecule has 5 heteroatoms. The normalized spacial score (nSPS) is 11.1. The van der Waals surface area contributed by atoms with Crippen molar-refractivity contribution in [2.75, 3.05) is 5.73 Å². The highest BCUT2D eigenvalue weighted by molar-refractivity contribution is 7.09. The second-order valence-electron chi connectivity index (χ2n) is 3.97. The number of nitrogens with two attached hydrogens (primary N) is 1. The van der Waals surface area contributed by atoms with Gasteiger partial charge in [-0.2, -0.15) is 0 Å². The van der Waals surface area contributed by atoms with Gasteiger partial charge in [-0.1, -0.05) is 12.1 Å². The molecule has 0 radical (unpaired) electrons. The van der Waals surface area contributed by atoms with Crippen LogP contribution in [0.15, 0.2) is 29.9 Å². The maximum absolute atomic E-state index is 5.97. The highest BCUT2D eigenvalue weighted by atomic mass is 32.1. The van der Waals surface area contributed by atoms with Crippen molar-refractivity contribution in [3.63, 3.8) is 0 Å². The molecule has 0 aliphatic heterocycles. The van der Waals surface area contributed by atoms with Crippen molar-refractivity contribution in [2.24, 2.45) is 0 Å². The summed E-state index contributed by atoms with van der Waals surface area (Å²) in [6.45, 7) is 2.78. The molecule has 0 saturated heterocycles. The summed E-state index contributed by atoms with van der Waals surface area (Å²) in [7, 11) is 0. The molecule has 86 valence electrons. The van der Waals surface area contributed by atoms with Crippen LogP contribution in [0, 0.1) is 6.92 Å². The van der Waals surface area contributed by atoms with Crippen LogP contribution >= 0.6 is 11.3 Å². The molecule has 0 aliphatic rings. The minimum atomic E-state index is 0.558. The summed E-state index contributed by atoms with van der Waals surface area (Å²) in [4.78, 5) is 9.67. The summed E-state index contributed by atoms with van der Waals surface area (Å²) in [5.41, 5.74) is 11.0. The van der Waals surface area contributed by atoms with Gasteiger partial charge < -0.3 is 10.3 Å². The minimum absolute atomic E-state index is 0.558. The molecule has 0 amide bonds. The number of para-hydroxylation sites is 1. The predicted octanol–water partition coefficient (Wildman–Crippen LogP) is 2.43. The lowest BCUT2D eigenvalue weighted by molar-refractivity contribution is 0.850. The number of rotatable bonds is 2. The minimum Gasteiger partial charge on any atom is -0.369 e. The monoisotopic (exact) mass is 244 g/mol. The molecule has 0 bridgehead atoms. The third-order valence-electron chi connectivity index (χ3n) is 2.81. The molecule has 17 heavy (non-hydrogen) atoms. The maximum atomic E-state index is 5.97. The molecule has 3 aromatic rings. The fourth-order valence-corrected chi connectivity index (χ4v) is 2.53. The zero-order chi connectivity index (χ0) is 11.8. The van der Waals surface area contributed by atoms with E-state index < -0.39 is 0 Å². The van der Waals surface area contributed by atoms with E-state index in [1.165, 1.54) is 4.88 Å². The Labute approximate surface area is 103 Å².